The van der Waals surface area contributed by atoms with Gasteiger partial charge < -0.3 is 0 Å². The molecule has 0 amide bonds. The van der Waals surface area contributed by atoms with Gasteiger partial charge in [-0.3, -0.25) is 15.0 Å². The van der Waals surface area contributed by atoms with E-state index < -0.39 is 0 Å². The third kappa shape index (κ3) is 1.54. The van der Waals surface area contributed by atoms with Gasteiger partial charge in [-0.05, 0) is 19.1 Å². The quantitative estimate of drug-likeness (QED) is 0.657. The lowest BCUT2D eigenvalue weighted by atomic mass is 10.2. The minimum Gasteiger partial charge on any atom is -0.264 e. The lowest BCUT2D eigenvalue weighted by Gasteiger charge is -2.01. The Labute approximate surface area is 76.5 Å². The average molecular weight is 171 g/mol. The third-order valence-electron chi connectivity index (χ3n) is 1.82. The van der Waals surface area contributed by atoms with Crippen LogP contribution in [-0.4, -0.2) is 15.0 Å². The van der Waals surface area contributed by atoms with E-state index >= 15 is 0 Å². The zero-order valence-corrected chi connectivity index (χ0v) is 7.31. The van der Waals surface area contributed by atoms with E-state index in [9.17, 15) is 0 Å². The number of nitrogens with zero attached hydrogens (tertiary/aromatic N) is 3. The van der Waals surface area contributed by atoms with E-state index in [2.05, 4.69) is 15.0 Å². The number of aromatic nitrogens is 3. The number of aryl methyl sites for hydroxylation is 1. The largest absolute Gasteiger partial charge is 0.264 e. The minimum absolute atomic E-state index is 0.899. The summed E-state index contributed by atoms with van der Waals surface area (Å²) in [5.74, 6) is 0. The van der Waals surface area contributed by atoms with Crippen molar-refractivity contribution in [2.24, 2.45) is 0 Å². The fourth-order valence-corrected chi connectivity index (χ4v) is 1.19. The molecule has 0 radical (unpaired) electrons. The highest BCUT2D eigenvalue weighted by Gasteiger charge is 2.01. The third-order valence-corrected chi connectivity index (χ3v) is 1.82. The van der Waals surface area contributed by atoms with Gasteiger partial charge in [0.05, 0.1) is 11.4 Å². The molecule has 0 fully saturated rings. The molecule has 0 atom stereocenters. The zero-order chi connectivity index (χ0) is 9.10. The van der Waals surface area contributed by atoms with E-state index in [4.69, 9.17) is 0 Å². The van der Waals surface area contributed by atoms with Crippen LogP contribution in [0.4, 0.5) is 0 Å². The van der Waals surface area contributed by atoms with Crippen molar-refractivity contribution in [1.82, 2.24) is 15.0 Å². The van der Waals surface area contributed by atoms with Gasteiger partial charge >= 0.3 is 0 Å². The zero-order valence-electron chi connectivity index (χ0n) is 7.31. The standard InChI is InChI=1S/C10H9N3/c1-8-10(13-6-5-12-8)9-3-2-4-11-7-9/h2-7H,1H3. The van der Waals surface area contributed by atoms with Crippen LogP contribution in [0.3, 0.4) is 0 Å². The van der Waals surface area contributed by atoms with Crippen molar-refractivity contribution >= 4 is 0 Å². The van der Waals surface area contributed by atoms with Crippen molar-refractivity contribution in [2.45, 2.75) is 6.92 Å². The van der Waals surface area contributed by atoms with Gasteiger partial charge in [0, 0.05) is 30.4 Å². The van der Waals surface area contributed by atoms with Crippen molar-refractivity contribution < 1.29 is 0 Å². The second-order valence-electron chi connectivity index (χ2n) is 2.73. The molecule has 0 N–H and O–H groups in total. The van der Waals surface area contributed by atoms with Crippen LogP contribution in [0, 0.1) is 6.92 Å². The predicted octanol–water partition coefficient (Wildman–Crippen LogP) is 1.85. The molecular weight excluding hydrogens is 162 g/mol. The van der Waals surface area contributed by atoms with E-state index in [-0.39, 0.29) is 0 Å². The van der Waals surface area contributed by atoms with Crippen molar-refractivity contribution in [3.8, 4) is 11.3 Å². The molecule has 0 saturated heterocycles. The molecule has 0 aliphatic carbocycles. The molecule has 2 aromatic rings. The molecule has 0 bridgehead atoms. The molecule has 2 aromatic heterocycles. The number of rotatable bonds is 1. The van der Waals surface area contributed by atoms with Gasteiger partial charge in [-0.25, -0.2) is 0 Å². The van der Waals surface area contributed by atoms with Gasteiger partial charge in [-0.1, -0.05) is 0 Å². The van der Waals surface area contributed by atoms with Crippen LogP contribution in [0.1, 0.15) is 5.69 Å². The van der Waals surface area contributed by atoms with Gasteiger partial charge in [0.25, 0.3) is 0 Å². The van der Waals surface area contributed by atoms with Crippen molar-refractivity contribution in [3.05, 3.63) is 42.6 Å². The number of hydrogen-bond donors (Lipinski definition) is 0. The topological polar surface area (TPSA) is 38.7 Å². The first-order chi connectivity index (χ1) is 6.38. The Morgan fingerprint density at radius 2 is 1.92 bits per heavy atom. The van der Waals surface area contributed by atoms with Crippen LogP contribution in [0.2, 0.25) is 0 Å². The second-order valence-corrected chi connectivity index (χ2v) is 2.73. The molecule has 2 rings (SSSR count). The lowest BCUT2D eigenvalue weighted by molar-refractivity contribution is 1.12. The summed E-state index contributed by atoms with van der Waals surface area (Å²) >= 11 is 0. The average Bonchev–Trinajstić information content (AvgIpc) is 2.20. The fraction of sp³-hybridized carbons (Fsp3) is 0.100. The molecule has 0 aliphatic rings. The summed E-state index contributed by atoms with van der Waals surface area (Å²) in [5, 5.41) is 0. The summed E-state index contributed by atoms with van der Waals surface area (Å²) in [6.45, 7) is 1.94. The molecule has 0 saturated carbocycles. The van der Waals surface area contributed by atoms with Crippen LogP contribution in [-0.2, 0) is 0 Å². The van der Waals surface area contributed by atoms with E-state index in [1.165, 1.54) is 0 Å². The minimum atomic E-state index is 0.899. The van der Waals surface area contributed by atoms with Gasteiger partial charge in [-0.2, -0.15) is 0 Å². The summed E-state index contributed by atoms with van der Waals surface area (Å²) in [6, 6.07) is 3.87. The molecule has 0 spiro atoms. The number of pyridine rings is 1. The highest BCUT2D eigenvalue weighted by molar-refractivity contribution is 5.59. The first kappa shape index (κ1) is 7.86. The SMILES string of the molecule is Cc1nccnc1-c1cccnc1. The lowest BCUT2D eigenvalue weighted by Crippen LogP contribution is -1.90. The smallest absolute Gasteiger partial charge is 0.0929 e. The van der Waals surface area contributed by atoms with Gasteiger partial charge in [0.15, 0.2) is 0 Å². The van der Waals surface area contributed by atoms with Crippen LogP contribution in [0.5, 0.6) is 0 Å². The van der Waals surface area contributed by atoms with Gasteiger partial charge in [0.1, 0.15) is 0 Å². The molecule has 0 aromatic carbocycles. The van der Waals surface area contributed by atoms with Crippen LogP contribution < -0.4 is 0 Å². The maximum Gasteiger partial charge on any atom is 0.0929 e. The van der Waals surface area contributed by atoms with E-state index in [0.717, 1.165) is 17.0 Å². The Hall–Kier alpha value is -1.77. The van der Waals surface area contributed by atoms with Crippen LogP contribution in [0.15, 0.2) is 36.9 Å². The first-order valence-corrected chi connectivity index (χ1v) is 4.06. The molecule has 0 aliphatic heterocycles. The molecule has 0 unspecified atom stereocenters. The molecule has 64 valence electrons. The van der Waals surface area contributed by atoms with Crippen LogP contribution >= 0.6 is 0 Å². The highest BCUT2D eigenvalue weighted by Crippen LogP contribution is 2.16. The maximum absolute atomic E-state index is 4.25. The fourth-order valence-electron chi connectivity index (χ4n) is 1.19. The number of hydrogen-bond acceptors (Lipinski definition) is 3. The van der Waals surface area contributed by atoms with E-state index in [1.54, 1.807) is 24.8 Å². The van der Waals surface area contributed by atoms with Crippen molar-refractivity contribution in [2.75, 3.05) is 0 Å². The summed E-state index contributed by atoms with van der Waals surface area (Å²) in [5.41, 5.74) is 2.83. The summed E-state index contributed by atoms with van der Waals surface area (Å²) in [4.78, 5) is 12.4. The Morgan fingerprint density at radius 1 is 1.08 bits per heavy atom. The molecule has 3 heteroatoms. The Bertz CT molecular complexity index is 398. The van der Waals surface area contributed by atoms with Gasteiger partial charge in [-0.15, -0.1) is 0 Å². The summed E-state index contributed by atoms with van der Waals surface area (Å²) in [6.07, 6.45) is 6.91. The Kier molecular flexibility index (Phi) is 2.00. The van der Waals surface area contributed by atoms with Crippen molar-refractivity contribution in [3.63, 3.8) is 0 Å². The first-order valence-electron chi connectivity index (χ1n) is 4.06. The highest BCUT2D eigenvalue weighted by atomic mass is 14.8. The Morgan fingerprint density at radius 3 is 2.62 bits per heavy atom. The maximum atomic E-state index is 4.25. The van der Waals surface area contributed by atoms with Crippen molar-refractivity contribution in [1.29, 1.82) is 0 Å². The van der Waals surface area contributed by atoms with Crippen LogP contribution in [0.25, 0.3) is 11.3 Å². The monoisotopic (exact) mass is 171 g/mol. The molecule has 13 heavy (non-hydrogen) atoms. The summed E-state index contributed by atoms with van der Waals surface area (Å²) in [7, 11) is 0. The van der Waals surface area contributed by atoms with Gasteiger partial charge in [0.2, 0.25) is 0 Å². The van der Waals surface area contributed by atoms with E-state index in [0.29, 0.717) is 0 Å². The second kappa shape index (κ2) is 3.31. The molecule has 3 nitrogen and oxygen atoms in total. The summed E-state index contributed by atoms with van der Waals surface area (Å²) < 4.78 is 0. The molecule has 2 heterocycles. The normalized spacial score (nSPS) is 9.92. The predicted molar refractivity (Wildman–Crippen MR) is 50.0 cm³/mol. The Balaban J connectivity index is 2.54. The van der Waals surface area contributed by atoms with E-state index in [1.807, 2.05) is 19.1 Å². The molecular formula is C10H9N3.